The molecule has 0 aromatic heterocycles. The third-order valence-electron chi connectivity index (χ3n) is 3.91. The van der Waals surface area contributed by atoms with Gasteiger partial charge in [-0.3, -0.25) is 0 Å². The van der Waals surface area contributed by atoms with Gasteiger partial charge in [0.05, 0.1) is 0 Å². The molecule has 2 atom stereocenters. The number of hydrogen-bond donors (Lipinski definition) is 0. The minimum Gasteiger partial charge on any atom is -0.0620 e. The van der Waals surface area contributed by atoms with E-state index in [1.165, 1.54) is 22.3 Å². The van der Waals surface area contributed by atoms with Crippen LogP contribution >= 0.6 is 0 Å². The van der Waals surface area contributed by atoms with E-state index >= 15 is 0 Å². The first kappa shape index (κ1) is 13.9. The zero-order valence-electron chi connectivity index (χ0n) is 12.2. The number of aryl methyl sites for hydroxylation is 2. The summed E-state index contributed by atoms with van der Waals surface area (Å²) in [6.45, 7) is 10.9. The molecule has 0 saturated carbocycles. The molecule has 2 unspecified atom stereocenters. The van der Waals surface area contributed by atoms with Gasteiger partial charge in [0.15, 0.2) is 0 Å². The number of benzene rings is 2. The highest BCUT2D eigenvalue weighted by atomic mass is 14.2. The van der Waals surface area contributed by atoms with Gasteiger partial charge >= 0.3 is 0 Å². The van der Waals surface area contributed by atoms with E-state index in [0.29, 0.717) is 11.8 Å². The molecule has 2 aromatic carbocycles. The van der Waals surface area contributed by atoms with Crippen LogP contribution in [0.2, 0.25) is 0 Å². The van der Waals surface area contributed by atoms with Crippen LogP contribution in [-0.4, -0.2) is 0 Å². The van der Waals surface area contributed by atoms with E-state index in [1.807, 2.05) is 0 Å². The van der Waals surface area contributed by atoms with Gasteiger partial charge in [0, 0.05) is 0 Å². The van der Waals surface area contributed by atoms with Crippen LogP contribution in [0.3, 0.4) is 0 Å². The molecular formula is C19H23. The van der Waals surface area contributed by atoms with Crippen molar-refractivity contribution < 1.29 is 0 Å². The van der Waals surface area contributed by atoms with Crippen molar-refractivity contribution in [1.29, 1.82) is 0 Å². The highest BCUT2D eigenvalue weighted by Crippen LogP contribution is 2.30. The van der Waals surface area contributed by atoms with Crippen LogP contribution in [0.5, 0.6) is 0 Å². The molecule has 0 amide bonds. The van der Waals surface area contributed by atoms with Gasteiger partial charge in [-0.15, -0.1) is 0 Å². The van der Waals surface area contributed by atoms with E-state index in [9.17, 15) is 0 Å². The average molecular weight is 251 g/mol. The Kier molecular flexibility index (Phi) is 4.42. The molecular weight excluding hydrogens is 228 g/mol. The van der Waals surface area contributed by atoms with E-state index in [1.54, 1.807) is 0 Å². The molecule has 0 heteroatoms. The van der Waals surface area contributed by atoms with Crippen LogP contribution in [0.15, 0.2) is 48.5 Å². The van der Waals surface area contributed by atoms with Crippen molar-refractivity contribution in [1.82, 2.24) is 0 Å². The maximum absolute atomic E-state index is 4.33. The second-order valence-corrected chi connectivity index (χ2v) is 5.60. The third-order valence-corrected chi connectivity index (χ3v) is 3.91. The van der Waals surface area contributed by atoms with Crippen molar-refractivity contribution in [2.45, 2.75) is 39.0 Å². The summed E-state index contributed by atoms with van der Waals surface area (Å²) in [4.78, 5) is 0. The highest BCUT2D eigenvalue weighted by Gasteiger charge is 2.13. The Hall–Kier alpha value is -1.56. The van der Waals surface area contributed by atoms with Crippen molar-refractivity contribution in [3.8, 4) is 0 Å². The lowest BCUT2D eigenvalue weighted by atomic mass is 9.85. The molecule has 0 aliphatic heterocycles. The summed E-state index contributed by atoms with van der Waals surface area (Å²) in [5, 5.41) is 0. The highest BCUT2D eigenvalue weighted by molar-refractivity contribution is 5.30. The normalized spacial score (nSPS) is 14.1. The fourth-order valence-electron chi connectivity index (χ4n) is 2.67. The summed E-state index contributed by atoms with van der Waals surface area (Å²) in [5.74, 6) is 0.903. The van der Waals surface area contributed by atoms with Gasteiger partial charge in [0.1, 0.15) is 0 Å². The molecule has 0 aliphatic rings. The molecule has 2 aromatic rings. The molecule has 0 spiro atoms. The quantitative estimate of drug-likeness (QED) is 0.681. The Morgan fingerprint density at radius 1 is 0.947 bits per heavy atom. The van der Waals surface area contributed by atoms with Crippen molar-refractivity contribution in [2.24, 2.45) is 0 Å². The Balaban J connectivity index is 2.08. The van der Waals surface area contributed by atoms with Gasteiger partial charge in [-0.1, -0.05) is 61.0 Å². The molecule has 0 heterocycles. The predicted octanol–water partition coefficient (Wildman–Crippen LogP) is 5.41. The van der Waals surface area contributed by atoms with Gasteiger partial charge < -0.3 is 0 Å². The van der Waals surface area contributed by atoms with Crippen LogP contribution in [-0.2, 0) is 0 Å². The molecule has 1 radical (unpaired) electrons. The topological polar surface area (TPSA) is 0 Å². The maximum atomic E-state index is 4.33. The molecule has 99 valence electrons. The molecule has 0 fully saturated rings. The van der Waals surface area contributed by atoms with Crippen molar-refractivity contribution >= 4 is 0 Å². The molecule has 0 aliphatic carbocycles. The lowest BCUT2D eigenvalue weighted by Gasteiger charge is -2.19. The zero-order valence-corrected chi connectivity index (χ0v) is 12.2. The van der Waals surface area contributed by atoms with Crippen LogP contribution in [0.4, 0.5) is 0 Å². The third kappa shape index (κ3) is 3.47. The average Bonchev–Trinajstić information content (AvgIpc) is 2.39. The summed E-state index contributed by atoms with van der Waals surface area (Å²) in [5.41, 5.74) is 5.48. The largest absolute Gasteiger partial charge is 0.0620 e. The SMILES string of the molecule is [CH2]C(CC(C)c1ccccc1C)c1ccc(C)cc1. The zero-order chi connectivity index (χ0) is 13.8. The summed E-state index contributed by atoms with van der Waals surface area (Å²) >= 11 is 0. The standard InChI is InChI=1S/C19H23/c1-14-9-11-18(12-10-14)16(3)13-17(4)19-8-6-5-7-15(19)2/h5-12,16-17H,3,13H2,1-2,4H3. The van der Waals surface area contributed by atoms with Gasteiger partial charge in [0.25, 0.3) is 0 Å². The monoisotopic (exact) mass is 251 g/mol. The fraction of sp³-hybridized carbons (Fsp3) is 0.316. The van der Waals surface area contributed by atoms with Crippen molar-refractivity contribution in [2.75, 3.05) is 0 Å². The molecule has 0 bridgehead atoms. The first-order valence-corrected chi connectivity index (χ1v) is 7.03. The van der Waals surface area contributed by atoms with E-state index in [4.69, 9.17) is 0 Å². The summed E-state index contributed by atoms with van der Waals surface area (Å²) in [6.07, 6.45) is 1.09. The maximum Gasteiger partial charge on any atom is -0.0156 e. The van der Waals surface area contributed by atoms with Crippen LogP contribution < -0.4 is 0 Å². The van der Waals surface area contributed by atoms with E-state index < -0.39 is 0 Å². The second-order valence-electron chi connectivity index (χ2n) is 5.60. The lowest BCUT2D eigenvalue weighted by molar-refractivity contribution is 0.624. The number of rotatable bonds is 4. The van der Waals surface area contributed by atoms with Gasteiger partial charge in [-0.2, -0.15) is 0 Å². The molecule has 0 N–H and O–H groups in total. The molecule has 2 rings (SSSR count). The summed E-state index contributed by atoms with van der Waals surface area (Å²) in [6, 6.07) is 17.4. The van der Waals surface area contributed by atoms with Crippen LogP contribution in [0, 0.1) is 20.8 Å². The van der Waals surface area contributed by atoms with Crippen LogP contribution in [0.25, 0.3) is 0 Å². The van der Waals surface area contributed by atoms with E-state index in [-0.39, 0.29) is 0 Å². The van der Waals surface area contributed by atoms with Crippen LogP contribution in [0.1, 0.15) is 47.4 Å². The van der Waals surface area contributed by atoms with Gasteiger partial charge in [0.2, 0.25) is 0 Å². The van der Waals surface area contributed by atoms with Crippen molar-refractivity contribution in [3.05, 3.63) is 77.7 Å². The minimum absolute atomic E-state index is 0.357. The Morgan fingerprint density at radius 3 is 2.21 bits per heavy atom. The van der Waals surface area contributed by atoms with E-state index in [2.05, 4.69) is 76.2 Å². The second kappa shape index (κ2) is 6.06. The van der Waals surface area contributed by atoms with Gasteiger partial charge in [-0.05, 0) is 55.7 Å². The van der Waals surface area contributed by atoms with Crippen molar-refractivity contribution in [3.63, 3.8) is 0 Å². The Labute approximate surface area is 117 Å². The Morgan fingerprint density at radius 2 is 1.58 bits per heavy atom. The molecule has 0 nitrogen and oxygen atoms in total. The fourth-order valence-corrected chi connectivity index (χ4v) is 2.67. The summed E-state index contributed by atoms with van der Waals surface area (Å²) in [7, 11) is 0. The lowest BCUT2D eigenvalue weighted by Crippen LogP contribution is -2.03. The molecule has 0 saturated heterocycles. The first-order valence-electron chi connectivity index (χ1n) is 7.03. The Bertz CT molecular complexity index is 522. The van der Waals surface area contributed by atoms with Gasteiger partial charge in [-0.25, -0.2) is 0 Å². The number of hydrogen-bond acceptors (Lipinski definition) is 0. The minimum atomic E-state index is 0.357. The predicted molar refractivity (Wildman–Crippen MR) is 83.5 cm³/mol. The van der Waals surface area contributed by atoms with E-state index in [0.717, 1.165) is 6.42 Å². The first-order chi connectivity index (χ1) is 9.08. The smallest absolute Gasteiger partial charge is 0.0156 e. The molecule has 19 heavy (non-hydrogen) atoms. The summed E-state index contributed by atoms with van der Waals surface area (Å²) < 4.78 is 0.